The maximum Gasteiger partial charge on any atom is 0.219 e. The van der Waals surface area contributed by atoms with E-state index in [0.29, 0.717) is 19.7 Å². The highest BCUT2D eigenvalue weighted by molar-refractivity contribution is 5.74. The molecule has 8 heteroatoms. The monoisotopic (exact) mass is 482 g/mol. The van der Waals surface area contributed by atoms with E-state index < -0.39 is 0 Å². The van der Waals surface area contributed by atoms with Gasteiger partial charge in [-0.25, -0.2) is 4.98 Å². The lowest BCUT2D eigenvalue weighted by atomic mass is 9.99. The molecule has 1 amide bonds. The predicted molar refractivity (Wildman–Crippen MR) is 138 cm³/mol. The molecule has 2 aromatic carbocycles. The number of benzene rings is 2. The fourth-order valence-electron chi connectivity index (χ4n) is 5.16. The van der Waals surface area contributed by atoms with Crippen molar-refractivity contribution < 1.29 is 9.53 Å². The summed E-state index contributed by atoms with van der Waals surface area (Å²) in [7, 11) is 0. The van der Waals surface area contributed by atoms with Crippen LogP contribution in [0.4, 0.5) is 5.69 Å². The first-order chi connectivity index (χ1) is 17.7. The van der Waals surface area contributed by atoms with Crippen molar-refractivity contribution in [2.24, 2.45) is 0 Å². The summed E-state index contributed by atoms with van der Waals surface area (Å²) in [6.45, 7) is 5.18. The van der Waals surface area contributed by atoms with E-state index in [9.17, 15) is 4.79 Å². The SMILES string of the molecule is CC(=O)N1CCc2c(c(-c3cccc(CNc4ccc(-n5ccnc5)cc4)c3)nn2C2CCOC2)C1. The minimum absolute atomic E-state index is 0.112. The number of nitrogens with one attached hydrogen (secondary N) is 1. The topological polar surface area (TPSA) is 77.2 Å². The number of carbonyl (C=O) groups excluding carboxylic acids is 1. The molecule has 2 aromatic heterocycles. The summed E-state index contributed by atoms with van der Waals surface area (Å²) >= 11 is 0. The second-order valence-electron chi connectivity index (χ2n) is 9.50. The van der Waals surface area contributed by atoms with Gasteiger partial charge in [0.25, 0.3) is 0 Å². The van der Waals surface area contributed by atoms with Crippen LogP contribution >= 0.6 is 0 Å². The molecule has 8 nitrogen and oxygen atoms in total. The van der Waals surface area contributed by atoms with Gasteiger partial charge in [-0.3, -0.25) is 9.48 Å². The summed E-state index contributed by atoms with van der Waals surface area (Å²) in [5.41, 5.74) is 7.80. The van der Waals surface area contributed by atoms with Gasteiger partial charge in [-0.2, -0.15) is 5.10 Å². The van der Waals surface area contributed by atoms with Crippen LogP contribution in [0.5, 0.6) is 0 Å². The number of hydrogen-bond acceptors (Lipinski definition) is 5. The Morgan fingerprint density at radius 3 is 2.83 bits per heavy atom. The fourth-order valence-corrected chi connectivity index (χ4v) is 5.16. The van der Waals surface area contributed by atoms with Crippen LogP contribution in [0.15, 0.2) is 67.3 Å². The molecule has 184 valence electrons. The largest absolute Gasteiger partial charge is 0.381 e. The number of fused-ring (bicyclic) bond motifs is 1. The van der Waals surface area contributed by atoms with Crippen molar-refractivity contribution in [1.82, 2.24) is 24.2 Å². The number of ether oxygens (including phenoxy) is 1. The smallest absolute Gasteiger partial charge is 0.219 e. The quantitative estimate of drug-likeness (QED) is 0.445. The van der Waals surface area contributed by atoms with Gasteiger partial charge in [0, 0.05) is 80.2 Å². The van der Waals surface area contributed by atoms with E-state index in [0.717, 1.165) is 48.6 Å². The highest BCUT2D eigenvalue weighted by Crippen LogP contribution is 2.34. The number of anilines is 1. The van der Waals surface area contributed by atoms with E-state index in [-0.39, 0.29) is 11.9 Å². The van der Waals surface area contributed by atoms with E-state index in [2.05, 4.69) is 63.5 Å². The first-order valence-electron chi connectivity index (χ1n) is 12.5. The summed E-state index contributed by atoms with van der Waals surface area (Å²) in [5, 5.41) is 8.63. The molecule has 0 aliphatic carbocycles. The van der Waals surface area contributed by atoms with Gasteiger partial charge in [-0.15, -0.1) is 0 Å². The zero-order valence-electron chi connectivity index (χ0n) is 20.4. The Labute approximate surface area is 210 Å². The standard InChI is InChI=1S/C28H30N6O2/c1-20(35)32-12-9-27-26(17-32)28(31-34(27)25-10-14-36-18-25)22-4-2-3-21(15-22)16-30-23-5-7-24(8-6-23)33-13-11-29-19-33/h2-8,11,13,15,19,25,30H,9-10,12,14,16-18H2,1H3. The van der Waals surface area contributed by atoms with Crippen LogP contribution in [0.2, 0.25) is 0 Å². The van der Waals surface area contributed by atoms with Crippen LogP contribution in [0.25, 0.3) is 16.9 Å². The Morgan fingerprint density at radius 2 is 2.08 bits per heavy atom. The zero-order chi connectivity index (χ0) is 24.5. The Bertz CT molecular complexity index is 1350. The molecule has 4 heterocycles. The lowest BCUT2D eigenvalue weighted by Gasteiger charge is -2.27. The van der Waals surface area contributed by atoms with Crippen molar-refractivity contribution >= 4 is 11.6 Å². The van der Waals surface area contributed by atoms with Crippen molar-refractivity contribution in [3.05, 3.63) is 84.1 Å². The number of rotatable bonds is 6. The van der Waals surface area contributed by atoms with E-state index in [1.54, 1.807) is 19.4 Å². The summed E-state index contributed by atoms with van der Waals surface area (Å²) in [6, 6.07) is 17.1. The summed E-state index contributed by atoms with van der Waals surface area (Å²) in [6.07, 6.45) is 7.31. The number of amides is 1. The third kappa shape index (κ3) is 4.40. The molecule has 6 rings (SSSR count). The zero-order valence-corrected chi connectivity index (χ0v) is 20.4. The summed E-state index contributed by atoms with van der Waals surface area (Å²) in [5.74, 6) is 0.112. The molecule has 2 aliphatic rings. The molecule has 0 spiro atoms. The first kappa shape index (κ1) is 22.5. The second kappa shape index (κ2) is 9.62. The van der Waals surface area contributed by atoms with Gasteiger partial charge in [0.15, 0.2) is 0 Å². The van der Waals surface area contributed by atoms with Gasteiger partial charge >= 0.3 is 0 Å². The van der Waals surface area contributed by atoms with Crippen molar-refractivity contribution in [3.63, 3.8) is 0 Å². The Balaban J connectivity index is 1.24. The molecule has 36 heavy (non-hydrogen) atoms. The average molecular weight is 483 g/mol. The molecule has 1 atom stereocenters. The highest BCUT2D eigenvalue weighted by atomic mass is 16.5. The number of carbonyl (C=O) groups is 1. The molecule has 0 radical (unpaired) electrons. The van der Waals surface area contributed by atoms with Gasteiger partial charge in [0.2, 0.25) is 5.91 Å². The van der Waals surface area contributed by atoms with E-state index in [1.165, 1.54) is 16.8 Å². The van der Waals surface area contributed by atoms with Gasteiger partial charge in [-0.1, -0.05) is 18.2 Å². The maximum atomic E-state index is 12.1. The molecule has 1 fully saturated rings. The number of hydrogen-bond donors (Lipinski definition) is 1. The Morgan fingerprint density at radius 1 is 1.19 bits per heavy atom. The average Bonchev–Trinajstić information content (AvgIpc) is 3.69. The Hall–Kier alpha value is -3.91. The molecular formula is C28H30N6O2. The lowest BCUT2D eigenvalue weighted by Crippen LogP contribution is -2.35. The maximum absolute atomic E-state index is 12.1. The summed E-state index contributed by atoms with van der Waals surface area (Å²) < 4.78 is 9.83. The van der Waals surface area contributed by atoms with Crippen molar-refractivity contribution in [1.29, 1.82) is 0 Å². The lowest BCUT2D eigenvalue weighted by molar-refractivity contribution is -0.129. The third-order valence-corrected chi connectivity index (χ3v) is 7.15. The van der Waals surface area contributed by atoms with Crippen LogP contribution in [0.3, 0.4) is 0 Å². The molecule has 2 aliphatic heterocycles. The van der Waals surface area contributed by atoms with Gasteiger partial charge < -0.3 is 19.5 Å². The summed E-state index contributed by atoms with van der Waals surface area (Å²) in [4.78, 5) is 18.2. The van der Waals surface area contributed by atoms with Crippen LogP contribution in [-0.2, 0) is 29.0 Å². The number of imidazole rings is 1. The van der Waals surface area contributed by atoms with E-state index in [4.69, 9.17) is 9.84 Å². The van der Waals surface area contributed by atoms with Gasteiger partial charge in [0.05, 0.1) is 24.7 Å². The minimum atomic E-state index is 0.112. The Kier molecular flexibility index (Phi) is 6.03. The number of aromatic nitrogens is 4. The third-order valence-electron chi connectivity index (χ3n) is 7.15. The van der Waals surface area contributed by atoms with Gasteiger partial charge in [-0.05, 0) is 42.3 Å². The van der Waals surface area contributed by atoms with Crippen LogP contribution in [0.1, 0.15) is 36.2 Å². The number of nitrogens with zero attached hydrogens (tertiary/aromatic N) is 5. The molecule has 4 aromatic rings. The molecule has 1 saturated heterocycles. The normalized spacial score (nSPS) is 17.2. The van der Waals surface area contributed by atoms with Crippen molar-refractivity contribution in [2.45, 2.75) is 38.9 Å². The van der Waals surface area contributed by atoms with E-state index in [1.807, 2.05) is 15.7 Å². The van der Waals surface area contributed by atoms with Crippen molar-refractivity contribution in [2.75, 3.05) is 25.1 Å². The predicted octanol–water partition coefficient (Wildman–Crippen LogP) is 4.21. The van der Waals surface area contributed by atoms with Crippen LogP contribution in [0, 0.1) is 0 Å². The first-order valence-corrected chi connectivity index (χ1v) is 12.5. The van der Waals surface area contributed by atoms with Crippen LogP contribution in [-0.4, -0.2) is 49.9 Å². The van der Waals surface area contributed by atoms with Gasteiger partial charge in [0.1, 0.15) is 0 Å². The highest BCUT2D eigenvalue weighted by Gasteiger charge is 2.30. The second-order valence-corrected chi connectivity index (χ2v) is 9.50. The molecular weight excluding hydrogens is 452 g/mol. The molecule has 0 saturated carbocycles. The molecule has 1 N–H and O–H groups in total. The molecule has 0 bridgehead atoms. The fraction of sp³-hybridized carbons (Fsp3) is 0.321. The van der Waals surface area contributed by atoms with Crippen molar-refractivity contribution in [3.8, 4) is 16.9 Å². The molecule has 1 unspecified atom stereocenters. The van der Waals surface area contributed by atoms with E-state index >= 15 is 0 Å². The van der Waals surface area contributed by atoms with Crippen LogP contribution < -0.4 is 5.32 Å². The minimum Gasteiger partial charge on any atom is -0.381 e.